The fourth-order valence-corrected chi connectivity index (χ4v) is 4.37. The van der Waals surface area contributed by atoms with Crippen LogP contribution in [0.4, 0.5) is 5.69 Å². The Labute approximate surface area is 140 Å². The van der Waals surface area contributed by atoms with Gasteiger partial charge in [-0.25, -0.2) is 0 Å². The third-order valence-corrected chi connectivity index (χ3v) is 5.46. The molecule has 1 aromatic carbocycles. The fraction of sp³-hybridized carbons (Fsp3) is 0.500. The molecule has 6 heteroatoms. The summed E-state index contributed by atoms with van der Waals surface area (Å²) in [5.74, 6) is -1.44. The van der Waals surface area contributed by atoms with Crippen molar-refractivity contribution in [3.05, 3.63) is 29.8 Å². The van der Waals surface area contributed by atoms with Gasteiger partial charge in [0.05, 0.1) is 19.2 Å². The predicted molar refractivity (Wildman–Crippen MR) is 86.3 cm³/mol. The number of esters is 1. The van der Waals surface area contributed by atoms with Gasteiger partial charge in [-0.1, -0.05) is 18.2 Å². The second-order valence-corrected chi connectivity index (χ2v) is 6.68. The van der Waals surface area contributed by atoms with Gasteiger partial charge in [0.1, 0.15) is 5.92 Å². The molecule has 0 spiro atoms. The molecule has 0 N–H and O–H groups in total. The highest BCUT2D eigenvalue weighted by Crippen LogP contribution is 2.41. The molecule has 0 saturated carbocycles. The molecule has 1 unspecified atom stereocenters. The first-order valence-electron chi connectivity index (χ1n) is 8.40. The molecule has 2 saturated heterocycles. The van der Waals surface area contributed by atoms with Crippen molar-refractivity contribution in [3.63, 3.8) is 0 Å². The molecule has 0 bridgehead atoms. The van der Waals surface area contributed by atoms with Gasteiger partial charge >= 0.3 is 5.97 Å². The maximum Gasteiger partial charge on any atom is 0.318 e. The first-order chi connectivity index (χ1) is 11.6. The molecule has 1 aromatic rings. The van der Waals surface area contributed by atoms with E-state index in [-0.39, 0.29) is 23.9 Å². The molecule has 3 heterocycles. The summed E-state index contributed by atoms with van der Waals surface area (Å²) in [6.07, 6.45) is 2.47. The van der Waals surface area contributed by atoms with Crippen LogP contribution in [0.3, 0.4) is 0 Å². The zero-order valence-electron chi connectivity index (χ0n) is 13.6. The van der Waals surface area contributed by atoms with E-state index in [1.165, 1.54) is 7.11 Å². The van der Waals surface area contributed by atoms with Crippen LogP contribution in [0.1, 0.15) is 24.8 Å². The Morgan fingerprint density at radius 3 is 2.71 bits per heavy atom. The Hall–Kier alpha value is -2.37. The van der Waals surface area contributed by atoms with Crippen molar-refractivity contribution in [2.45, 2.75) is 37.8 Å². The van der Waals surface area contributed by atoms with Gasteiger partial charge in [0, 0.05) is 18.7 Å². The van der Waals surface area contributed by atoms with E-state index in [0.717, 1.165) is 24.1 Å². The Kier molecular flexibility index (Phi) is 3.55. The summed E-state index contributed by atoms with van der Waals surface area (Å²) in [6, 6.07) is 7.56. The number of fused-ring (bicyclic) bond motifs is 3. The molecule has 0 aliphatic carbocycles. The lowest BCUT2D eigenvalue weighted by Gasteiger charge is -2.43. The van der Waals surface area contributed by atoms with Crippen LogP contribution < -0.4 is 4.90 Å². The van der Waals surface area contributed by atoms with Crippen molar-refractivity contribution in [1.82, 2.24) is 4.90 Å². The molecule has 6 nitrogen and oxygen atoms in total. The second-order valence-electron chi connectivity index (χ2n) is 6.68. The number of benzene rings is 1. The van der Waals surface area contributed by atoms with Gasteiger partial charge in [-0.3, -0.25) is 14.4 Å². The Morgan fingerprint density at radius 1 is 1.21 bits per heavy atom. The summed E-state index contributed by atoms with van der Waals surface area (Å²) in [7, 11) is 1.30. The SMILES string of the molecule is COC(=O)[C@H]1C[C@H](N2CCCC2=O)C2Cc3ccccc3N2C1=O. The van der Waals surface area contributed by atoms with Gasteiger partial charge in [0.25, 0.3) is 0 Å². The lowest BCUT2D eigenvalue weighted by atomic mass is 9.86. The van der Waals surface area contributed by atoms with E-state index < -0.39 is 11.9 Å². The molecule has 3 atom stereocenters. The maximum absolute atomic E-state index is 12.9. The predicted octanol–water partition coefficient (Wildman–Crippen LogP) is 1.13. The first kappa shape index (κ1) is 15.2. The average Bonchev–Trinajstić information content (AvgIpc) is 3.18. The lowest BCUT2D eigenvalue weighted by Crippen LogP contribution is -2.61. The van der Waals surface area contributed by atoms with E-state index in [1.54, 1.807) is 4.90 Å². The van der Waals surface area contributed by atoms with E-state index in [1.807, 2.05) is 29.2 Å². The summed E-state index contributed by atoms with van der Waals surface area (Å²) >= 11 is 0. The highest BCUT2D eigenvalue weighted by Gasteiger charge is 2.51. The van der Waals surface area contributed by atoms with E-state index in [9.17, 15) is 14.4 Å². The number of rotatable bonds is 2. The van der Waals surface area contributed by atoms with Crippen LogP contribution in [-0.2, 0) is 25.5 Å². The van der Waals surface area contributed by atoms with E-state index in [2.05, 4.69) is 0 Å². The highest BCUT2D eigenvalue weighted by molar-refractivity contribution is 6.08. The smallest absolute Gasteiger partial charge is 0.318 e. The number of anilines is 1. The van der Waals surface area contributed by atoms with Gasteiger partial charge < -0.3 is 14.5 Å². The topological polar surface area (TPSA) is 66.9 Å². The molecular formula is C18H20N2O4. The van der Waals surface area contributed by atoms with Gasteiger partial charge in [0.15, 0.2) is 0 Å². The minimum Gasteiger partial charge on any atom is -0.468 e. The minimum absolute atomic E-state index is 0.0853. The number of carbonyl (C=O) groups is 3. The van der Waals surface area contributed by atoms with Crippen LogP contribution >= 0.6 is 0 Å². The number of piperidine rings is 1. The Morgan fingerprint density at radius 2 is 2.00 bits per heavy atom. The van der Waals surface area contributed by atoms with Crippen LogP contribution in [-0.4, -0.2) is 48.4 Å². The Balaban J connectivity index is 1.75. The van der Waals surface area contributed by atoms with Gasteiger partial charge in [-0.15, -0.1) is 0 Å². The molecule has 0 radical (unpaired) electrons. The quantitative estimate of drug-likeness (QED) is 0.603. The summed E-state index contributed by atoms with van der Waals surface area (Å²) < 4.78 is 4.84. The number of amides is 2. The number of ether oxygens (including phenoxy) is 1. The van der Waals surface area contributed by atoms with Gasteiger partial charge in [-0.2, -0.15) is 0 Å². The molecule has 3 aliphatic rings. The third-order valence-electron chi connectivity index (χ3n) is 5.46. The van der Waals surface area contributed by atoms with Crippen molar-refractivity contribution in [2.24, 2.45) is 5.92 Å². The van der Waals surface area contributed by atoms with E-state index >= 15 is 0 Å². The lowest BCUT2D eigenvalue weighted by molar-refractivity contribution is -0.153. The van der Waals surface area contributed by atoms with E-state index in [0.29, 0.717) is 19.4 Å². The number of para-hydroxylation sites is 1. The number of likely N-dealkylation sites (tertiary alicyclic amines) is 1. The largest absolute Gasteiger partial charge is 0.468 e. The standard InChI is InChI=1S/C18H20N2O4/c1-24-18(23)12-10-14(19-8-4-7-16(19)21)15-9-11-5-2-3-6-13(11)20(15)17(12)22/h2-3,5-6,12,14-15H,4,7-10H2,1H3/t12-,14-,15?/m0/s1. The van der Waals surface area contributed by atoms with E-state index in [4.69, 9.17) is 4.74 Å². The summed E-state index contributed by atoms with van der Waals surface area (Å²) in [5.41, 5.74) is 1.95. The van der Waals surface area contributed by atoms with Gasteiger partial charge in [0.2, 0.25) is 11.8 Å². The molecule has 2 amide bonds. The number of carbonyl (C=O) groups excluding carboxylic acids is 3. The molecule has 0 aromatic heterocycles. The molecular weight excluding hydrogens is 308 g/mol. The molecule has 4 rings (SSSR count). The van der Waals surface area contributed by atoms with Crippen LogP contribution in [0.15, 0.2) is 24.3 Å². The van der Waals surface area contributed by atoms with Gasteiger partial charge in [-0.05, 0) is 30.9 Å². The maximum atomic E-state index is 12.9. The highest BCUT2D eigenvalue weighted by atomic mass is 16.5. The van der Waals surface area contributed by atoms with Crippen molar-refractivity contribution in [3.8, 4) is 0 Å². The molecule has 2 fully saturated rings. The van der Waals surface area contributed by atoms with Crippen molar-refractivity contribution >= 4 is 23.5 Å². The fourth-order valence-electron chi connectivity index (χ4n) is 4.37. The zero-order chi connectivity index (χ0) is 16.8. The third kappa shape index (κ3) is 2.12. The molecule has 3 aliphatic heterocycles. The average molecular weight is 328 g/mol. The second kappa shape index (κ2) is 5.61. The number of nitrogens with zero attached hydrogens (tertiary/aromatic N) is 2. The first-order valence-corrected chi connectivity index (χ1v) is 8.40. The normalized spacial score (nSPS) is 28.8. The van der Waals surface area contributed by atoms with Crippen molar-refractivity contribution in [2.75, 3.05) is 18.6 Å². The number of hydrogen-bond donors (Lipinski definition) is 0. The molecule has 24 heavy (non-hydrogen) atoms. The zero-order valence-corrected chi connectivity index (χ0v) is 13.6. The molecule has 126 valence electrons. The van der Waals surface area contributed by atoms with Crippen LogP contribution in [0, 0.1) is 5.92 Å². The summed E-state index contributed by atoms with van der Waals surface area (Å²) in [5, 5.41) is 0. The number of hydrogen-bond acceptors (Lipinski definition) is 4. The Bertz CT molecular complexity index is 717. The number of methoxy groups -OCH3 is 1. The van der Waals surface area contributed by atoms with Crippen LogP contribution in [0.2, 0.25) is 0 Å². The van der Waals surface area contributed by atoms with Crippen LogP contribution in [0.5, 0.6) is 0 Å². The minimum atomic E-state index is -0.837. The monoisotopic (exact) mass is 328 g/mol. The van der Waals surface area contributed by atoms with Crippen LogP contribution in [0.25, 0.3) is 0 Å². The van der Waals surface area contributed by atoms with Crippen molar-refractivity contribution < 1.29 is 19.1 Å². The summed E-state index contributed by atoms with van der Waals surface area (Å²) in [4.78, 5) is 40.9. The summed E-state index contributed by atoms with van der Waals surface area (Å²) in [6.45, 7) is 0.701. The van der Waals surface area contributed by atoms with Crippen molar-refractivity contribution in [1.29, 1.82) is 0 Å².